The molecule has 1 N–H and O–H groups in total. The highest BCUT2D eigenvalue weighted by atomic mass is 14.9. The van der Waals surface area contributed by atoms with E-state index in [0.29, 0.717) is 12.0 Å². The maximum Gasteiger partial charge on any atom is 0.0346 e. The Kier molecular flexibility index (Phi) is 4.32. The fourth-order valence-corrected chi connectivity index (χ4v) is 2.15. The monoisotopic (exact) mass is 242 g/mol. The lowest BCUT2D eigenvalue weighted by atomic mass is 10.0. The van der Waals surface area contributed by atoms with E-state index in [9.17, 15) is 0 Å². The van der Waals surface area contributed by atoms with Gasteiger partial charge in [-0.05, 0) is 23.8 Å². The van der Waals surface area contributed by atoms with E-state index >= 15 is 0 Å². The van der Waals surface area contributed by atoms with Crippen LogP contribution < -0.4 is 5.32 Å². The highest BCUT2D eigenvalue weighted by Gasteiger charge is 2.10. The lowest BCUT2D eigenvalue weighted by molar-refractivity contribution is 0.390. The van der Waals surface area contributed by atoms with Crippen LogP contribution in [0, 0.1) is 5.92 Å². The molecule has 1 heterocycles. The van der Waals surface area contributed by atoms with Crippen molar-refractivity contribution in [2.24, 2.45) is 5.92 Å². The van der Waals surface area contributed by atoms with Gasteiger partial charge in [0.2, 0.25) is 0 Å². The van der Waals surface area contributed by atoms with E-state index < -0.39 is 0 Å². The first-order valence-corrected chi connectivity index (χ1v) is 6.77. The number of pyridine rings is 1. The van der Waals surface area contributed by atoms with Crippen molar-refractivity contribution >= 4 is 10.8 Å². The molecule has 1 aromatic heterocycles. The van der Waals surface area contributed by atoms with Crippen LogP contribution in [0.2, 0.25) is 0 Å². The Morgan fingerprint density at radius 2 is 1.94 bits per heavy atom. The summed E-state index contributed by atoms with van der Waals surface area (Å²) >= 11 is 0. The second kappa shape index (κ2) is 5.96. The molecule has 0 radical (unpaired) electrons. The summed E-state index contributed by atoms with van der Waals surface area (Å²) in [6.45, 7) is 7.67. The van der Waals surface area contributed by atoms with E-state index in [-0.39, 0.29) is 0 Å². The highest BCUT2D eigenvalue weighted by Crippen LogP contribution is 2.17. The van der Waals surface area contributed by atoms with Gasteiger partial charge in [-0.3, -0.25) is 4.98 Å². The third-order valence-electron chi connectivity index (χ3n) is 3.86. The molecule has 0 saturated carbocycles. The number of fused-ring (bicyclic) bond motifs is 1. The molecule has 0 bridgehead atoms. The molecule has 96 valence electrons. The minimum Gasteiger partial charge on any atom is -0.310 e. The summed E-state index contributed by atoms with van der Waals surface area (Å²) in [6.07, 6.45) is 5.11. The number of nitrogens with zero attached hydrogens (tertiary/aromatic N) is 1. The number of hydrogen-bond donors (Lipinski definition) is 1. The molecule has 18 heavy (non-hydrogen) atoms. The van der Waals surface area contributed by atoms with E-state index in [4.69, 9.17) is 0 Å². The van der Waals surface area contributed by atoms with Crippen molar-refractivity contribution in [1.82, 2.24) is 10.3 Å². The highest BCUT2D eigenvalue weighted by molar-refractivity contribution is 5.84. The summed E-state index contributed by atoms with van der Waals surface area (Å²) < 4.78 is 0. The number of rotatable bonds is 5. The van der Waals surface area contributed by atoms with Crippen LogP contribution in [0.5, 0.6) is 0 Å². The third kappa shape index (κ3) is 2.88. The molecule has 2 heteroatoms. The van der Waals surface area contributed by atoms with Crippen LogP contribution in [0.4, 0.5) is 0 Å². The number of aromatic nitrogens is 1. The number of hydrogen-bond acceptors (Lipinski definition) is 2. The van der Waals surface area contributed by atoms with Gasteiger partial charge in [0.15, 0.2) is 0 Å². The molecule has 0 amide bonds. The zero-order valence-corrected chi connectivity index (χ0v) is 11.5. The van der Waals surface area contributed by atoms with Crippen molar-refractivity contribution in [2.45, 2.75) is 39.8 Å². The summed E-state index contributed by atoms with van der Waals surface area (Å²) in [4.78, 5) is 4.32. The second-order valence-corrected chi connectivity index (χ2v) is 5.07. The minimum atomic E-state index is 0.536. The molecule has 2 unspecified atom stereocenters. The molecule has 2 aromatic rings. The standard InChI is InChI=1S/C16H22N2/c1-4-12(2)13(3)18-11-15-10-17-9-14-7-5-6-8-16(14)15/h5-10,12-13,18H,4,11H2,1-3H3. The predicted molar refractivity (Wildman–Crippen MR) is 77.5 cm³/mol. The van der Waals surface area contributed by atoms with Gasteiger partial charge >= 0.3 is 0 Å². The Labute approximate surface area is 109 Å². The van der Waals surface area contributed by atoms with Crippen LogP contribution in [0.15, 0.2) is 36.7 Å². The largest absolute Gasteiger partial charge is 0.310 e. The summed E-state index contributed by atoms with van der Waals surface area (Å²) in [5.41, 5.74) is 1.28. The third-order valence-corrected chi connectivity index (χ3v) is 3.86. The molecule has 0 aliphatic rings. The first-order valence-electron chi connectivity index (χ1n) is 6.77. The van der Waals surface area contributed by atoms with E-state index in [1.54, 1.807) is 0 Å². The van der Waals surface area contributed by atoms with Crippen molar-refractivity contribution < 1.29 is 0 Å². The van der Waals surface area contributed by atoms with Crippen LogP contribution in [0.3, 0.4) is 0 Å². The molecule has 0 aliphatic carbocycles. The van der Waals surface area contributed by atoms with Gasteiger partial charge in [-0.2, -0.15) is 0 Å². The number of nitrogens with one attached hydrogen (secondary N) is 1. The lowest BCUT2D eigenvalue weighted by Crippen LogP contribution is -2.31. The van der Waals surface area contributed by atoms with Gasteiger partial charge in [0.1, 0.15) is 0 Å². The minimum absolute atomic E-state index is 0.536. The molecule has 0 fully saturated rings. The van der Waals surface area contributed by atoms with E-state index in [1.165, 1.54) is 22.8 Å². The van der Waals surface area contributed by atoms with Crippen molar-refractivity contribution in [3.63, 3.8) is 0 Å². The quantitative estimate of drug-likeness (QED) is 0.863. The Morgan fingerprint density at radius 1 is 1.17 bits per heavy atom. The van der Waals surface area contributed by atoms with E-state index in [1.807, 2.05) is 12.4 Å². The fourth-order valence-electron chi connectivity index (χ4n) is 2.15. The zero-order valence-electron chi connectivity index (χ0n) is 11.5. The Morgan fingerprint density at radius 3 is 2.72 bits per heavy atom. The molecular formula is C16H22N2. The smallest absolute Gasteiger partial charge is 0.0346 e. The molecule has 2 nitrogen and oxygen atoms in total. The van der Waals surface area contributed by atoms with Crippen LogP contribution >= 0.6 is 0 Å². The second-order valence-electron chi connectivity index (χ2n) is 5.07. The molecular weight excluding hydrogens is 220 g/mol. The van der Waals surface area contributed by atoms with Crippen LogP contribution in [0.1, 0.15) is 32.8 Å². The van der Waals surface area contributed by atoms with Gasteiger partial charge in [0.25, 0.3) is 0 Å². The maximum absolute atomic E-state index is 4.32. The summed E-state index contributed by atoms with van der Waals surface area (Å²) in [5.74, 6) is 0.702. The van der Waals surface area contributed by atoms with Gasteiger partial charge in [-0.25, -0.2) is 0 Å². The van der Waals surface area contributed by atoms with Gasteiger partial charge in [0, 0.05) is 30.4 Å². The number of benzene rings is 1. The Bertz CT molecular complexity index is 502. The molecule has 0 saturated heterocycles. The van der Waals surface area contributed by atoms with Gasteiger partial charge in [0.05, 0.1) is 0 Å². The molecule has 2 rings (SSSR count). The van der Waals surface area contributed by atoms with Crippen LogP contribution in [-0.4, -0.2) is 11.0 Å². The van der Waals surface area contributed by atoms with Crippen LogP contribution in [-0.2, 0) is 6.54 Å². The maximum atomic E-state index is 4.32. The normalized spacial score (nSPS) is 14.6. The van der Waals surface area contributed by atoms with E-state index in [0.717, 1.165) is 6.54 Å². The lowest BCUT2D eigenvalue weighted by Gasteiger charge is -2.20. The Hall–Kier alpha value is -1.41. The predicted octanol–water partition coefficient (Wildman–Crippen LogP) is 3.76. The first kappa shape index (κ1) is 13.0. The molecule has 2 atom stereocenters. The van der Waals surface area contributed by atoms with Crippen molar-refractivity contribution in [2.75, 3.05) is 0 Å². The van der Waals surface area contributed by atoms with Crippen molar-refractivity contribution in [1.29, 1.82) is 0 Å². The van der Waals surface area contributed by atoms with Crippen LogP contribution in [0.25, 0.3) is 10.8 Å². The van der Waals surface area contributed by atoms with Crippen molar-refractivity contribution in [3.05, 3.63) is 42.2 Å². The summed E-state index contributed by atoms with van der Waals surface area (Å²) in [5, 5.41) is 6.12. The molecule has 0 spiro atoms. The van der Waals surface area contributed by atoms with E-state index in [2.05, 4.69) is 55.3 Å². The van der Waals surface area contributed by atoms with Crippen molar-refractivity contribution in [3.8, 4) is 0 Å². The average molecular weight is 242 g/mol. The summed E-state index contributed by atoms with van der Waals surface area (Å²) in [7, 11) is 0. The molecule has 1 aromatic carbocycles. The molecule has 0 aliphatic heterocycles. The van der Waals surface area contributed by atoms with Gasteiger partial charge < -0.3 is 5.32 Å². The van der Waals surface area contributed by atoms with Gasteiger partial charge in [-0.1, -0.05) is 44.5 Å². The summed E-state index contributed by atoms with van der Waals surface area (Å²) in [6, 6.07) is 8.97. The average Bonchev–Trinajstić information content (AvgIpc) is 2.43. The van der Waals surface area contributed by atoms with Gasteiger partial charge in [-0.15, -0.1) is 0 Å². The fraction of sp³-hybridized carbons (Fsp3) is 0.438. The Balaban J connectivity index is 2.12. The zero-order chi connectivity index (χ0) is 13.0. The SMILES string of the molecule is CCC(C)C(C)NCc1cncc2ccccc12. The topological polar surface area (TPSA) is 24.9 Å². The first-order chi connectivity index (χ1) is 8.72.